The van der Waals surface area contributed by atoms with Crippen molar-refractivity contribution in [3.8, 4) is 0 Å². The molecule has 38 heavy (non-hydrogen) atoms. The predicted octanol–water partition coefficient (Wildman–Crippen LogP) is 7.38. The summed E-state index contributed by atoms with van der Waals surface area (Å²) < 4.78 is 27.8. The van der Waals surface area contributed by atoms with Crippen molar-refractivity contribution in [1.29, 1.82) is 0 Å². The van der Waals surface area contributed by atoms with E-state index in [1.54, 1.807) is 25.1 Å². The van der Waals surface area contributed by atoms with E-state index in [9.17, 15) is 14.3 Å². The highest BCUT2D eigenvalue weighted by Gasteiger charge is 2.27. The minimum atomic E-state index is -0.939. The lowest BCUT2D eigenvalue weighted by Gasteiger charge is -2.39. The molecule has 1 fully saturated rings. The van der Waals surface area contributed by atoms with Crippen LogP contribution in [0.15, 0.2) is 60.7 Å². The van der Waals surface area contributed by atoms with E-state index in [1.165, 1.54) is 5.56 Å². The minimum absolute atomic E-state index is 0. The monoisotopic (exact) mass is 537 g/mol. The third-order valence-corrected chi connectivity index (χ3v) is 7.72. The predicted molar refractivity (Wildman–Crippen MR) is 151 cm³/mol. The molecule has 1 aliphatic carbocycles. The van der Waals surface area contributed by atoms with Crippen LogP contribution in [0.3, 0.4) is 0 Å². The highest BCUT2D eigenvalue weighted by Crippen LogP contribution is 2.41. The zero-order chi connectivity index (χ0) is 25.9. The highest BCUT2D eigenvalue weighted by atomic mass is 35.5. The number of carbonyl (C=O) groups is 1. The fourth-order valence-electron chi connectivity index (χ4n) is 5.81. The molecule has 1 N–H and O–H groups in total. The smallest absolute Gasteiger partial charge is 0.335 e. The second-order valence-electron chi connectivity index (χ2n) is 10.4. The SMILES string of the molecule is Cc1cccc(C2=C(c3ccc(CC4CN(CCCF)C4)cc3)c3ccc(C(=O)O)cc3CCC2)c1F.Cl. The first kappa shape index (κ1) is 28.0. The number of fused-ring (bicyclic) bond motifs is 1. The summed E-state index contributed by atoms with van der Waals surface area (Å²) in [5.41, 5.74) is 7.73. The van der Waals surface area contributed by atoms with E-state index in [4.69, 9.17) is 0 Å². The number of aryl methyl sites for hydroxylation is 2. The maximum atomic E-state index is 15.4. The molecule has 1 saturated heterocycles. The Bertz CT molecular complexity index is 1330. The lowest BCUT2D eigenvalue weighted by molar-refractivity contribution is 0.0696. The van der Waals surface area contributed by atoms with Crippen molar-refractivity contribution < 1.29 is 18.7 Å². The molecule has 1 aliphatic heterocycles. The summed E-state index contributed by atoms with van der Waals surface area (Å²) in [5.74, 6) is -0.541. The number of hydrogen-bond acceptors (Lipinski definition) is 2. The van der Waals surface area contributed by atoms with Gasteiger partial charge in [-0.15, -0.1) is 12.4 Å². The number of aromatic carboxylic acids is 1. The summed E-state index contributed by atoms with van der Waals surface area (Å²) in [4.78, 5) is 13.9. The topological polar surface area (TPSA) is 40.5 Å². The molecule has 0 aromatic heterocycles. The number of halogens is 3. The van der Waals surface area contributed by atoms with Crippen LogP contribution in [0.2, 0.25) is 0 Å². The number of carboxylic acids is 1. The van der Waals surface area contributed by atoms with Crippen LogP contribution in [0.25, 0.3) is 11.1 Å². The summed E-state index contributed by atoms with van der Waals surface area (Å²) in [6, 6.07) is 19.4. The average molecular weight is 538 g/mol. The Kier molecular flexibility index (Phi) is 9.01. The number of rotatable bonds is 8. The Morgan fingerprint density at radius 1 is 1.03 bits per heavy atom. The fraction of sp³-hybridized carbons (Fsp3) is 0.344. The Labute approximate surface area is 229 Å². The zero-order valence-corrected chi connectivity index (χ0v) is 22.5. The normalized spacial score (nSPS) is 15.9. The number of allylic oxidation sites excluding steroid dienone is 1. The number of carboxylic acid groups (broad SMARTS) is 1. The molecule has 0 atom stereocenters. The third-order valence-electron chi connectivity index (χ3n) is 7.72. The zero-order valence-electron chi connectivity index (χ0n) is 21.7. The number of alkyl halides is 1. The van der Waals surface area contributed by atoms with Crippen LogP contribution in [0.1, 0.15) is 63.0 Å². The van der Waals surface area contributed by atoms with Gasteiger partial charge in [-0.05, 0) is 96.0 Å². The molecule has 0 unspecified atom stereocenters. The molecule has 3 aromatic carbocycles. The third kappa shape index (κ3) is 5.84. The van der Waals surface area contributed by atoms with Crippen molar-refractivity contribution in [2.45, 2.75) is 39.0 Å². The fourth-order valence-corrected chi connectivity index (χ4v) is 5.81. The van der Waals surface area contributed by atoms with Crippen LogP contribution in [0.4, 0.5) is 8.78 Å². The van der Waals surface area contributed by atoms with Crippen LogP contribution in [-0.4, -0.2) is 42.3 Å². The van der Waals surface area contributed by atoms with Gasteiger partial charge in [0, 0.05) is 25.2 Å². The molecule has 3 nitrogen and oxygen atoms in total. The van der Waals surface area contributed by atoms with Gasteiger partial charge in [-0.2, -0.15) is 0 Å². The van der Waals surface area contributed by atoms with Gasteiger partial charge >= 0.3 is 5.97 Å². The molecule has 1 heterocycles. The van der Waals surface area contributed by atoms with Crippen molar-refractivity contribution in [3.05, 3.63) is 105 Å². The van der Waals surface area contributed by atoms with Gasteiger partial charge in [-0.1, -0.05) is 48.5 Å². The lowest BCUT2D eigenvalue weighted by Crippen LogP contribution is -2.47. The standard InChI is InChI=1S/C32H33F2NO2.ClH/c1-21-5-2-8-29(31(21)34)28-7-3-6-25-18-26(32(36)37)13-14-27(25)30(28)24-11-9-22(10-12-24)17-23-19-35(20-23)16-4-15-33;/h2,5,8-14,18,23H,3-4,6-7,15-17,19-20H2,1H3,(H,36,37);1H. The van der Waals surface area contributed by atoms with E-state index in [1.807, 2.05) is 18.2 Å². The maximum Gasteiger partial charge on any atom is 0.335 e. The second-order valence-corrected chi connectivity index (χ2v) is 10.4. The molecule has 6 heteroatoms. The van der Waals surface area contributed by atoms with Gasteiger partial charge in [0.25, 0.3) is 0 Å². The largest absolute Gasteiger partial charge is 0.478 e. The summed E-state index contributed by atoms with van der Waals surface area (Å²) in [7, 11) is 0. The van der Waals surface area contributed by atoms with Crippen LogP contribution in [0.5, 0.6) is 0 Å². The van der Waals surface area contributed by atoms with Crippen LogP contribution in [0, 0.1) is 18.7 Å². The molecular formula is C32H34ClF2NO2. The first-order valence-electron chi connectivity index (χ1n) is 13.2. The van der Waals surface area contributed by atoms with E-state index in [-0.39, 0.29) is 30.5 Å². The van der Waals surface area contributed by atoms with E-state index in [0.29, 0.717) is 29.9 Å². The minimum Gasteiger partial charge on any atom is -0.478 e. The van der Waals surface area contributed by atoms with Crippen LogP contribution >= 0.6 is 12.4 Å². The quantitative estimate of drug-likeness (QED) is 0.326. The molecule has 0 amide bonds. The van der Waals surface area contributed by atoms with Crippen LogP contribution in [-0.2, 0) is 12.8 Å². The molecule has 3 aromatic rings. The van der Waals surface area contributed by atoms with Gasteiger partial charge in [0.1, 0.15) is 5.82 Å². The average Bonchev–Trinajstić information content (AvgIpc) is 3.06. The van der Waals surface area contributed by atoms with Gasteiger partial charge in [0.2, 0.25) is 0 Å². The summed E-state index contributed by atoms with van der Waals surface area (Å²) in [6.07, 6.45) is 3.88. The number of hydrogen-bond donors (Lipinski definition) is 1. The first-order valence-corrected chi connectivity index (χ1v) is 13.2. The summed E-state index contributed by atoms with van der Waals surface area (Å²) in [6.45, 7) is 4.40. The van der Waals surface area contributed by atoms with Gasteiger partial charge in [0.15, 0.2) is 0 Å². The Morgan fingerprint density at radius 3 is 2.50 bits per heavy atom. The van der Waals surface area contributed by atoms with E-state index >= 15 is 4.39 Å². The highest BCUT2D eigenvalue weighted by molar-refractivity contribution is 6.00. The van der Waals surface area contributed by atoms with Gasteiger partial charge in [-0.25, -0.2) is 9.18 Å². The van der Waals surface area contributed by atoms with Crippen molar-refractivity contribution >= 4 is 29.5 Å². The molecule has 0 spiro atoms. The molecule has 0 saturated carbocycles. The van der Waals surface area contributed by atoms with Gasteiger partial charge < -0.3 is 10.0 Å². The molecule has 5 rings (SSSR count). The van der Waals surface area contributed by atoms with E-state index in [2.05, 4.69) is 29.2 Å². The molecule has 2 aliphatic rings. The van der Waals surface area contributed by atoms with Gasteiger partial charge in [0.05, 0.1) is 12.2 Å². The summed E-state index contributed by atoms with van der Waals surface area (Å²) >= 11 is 0. The van der Waals surface area contributed by atoms with Crippen LogP contribution < -0.4 is 0 Å². The number of nitrogens with zero attached hydrogens (tertiary/aromatic N) is 1. The number of likely N-dealkylation sites (tertiary alicyclic amines) is 1. The Morgan fingerprint density at radius 2 is 1.79 bits per heavy atom. The van der Waals surface area contributed by atoms with Crippen molar-refractivity contribution in [1.82, 2.24) is 4.90 Å². The molecule has 0 radical (unpaired) electrons. The van der Waals surface area contributed by atoms with E-state index in [0.717, 1.165) is 66.7 Å². The Balaban J connectivity index is 0.00000336. The first-order chi connectivity index (χ1) is 17.9. The molecular weight excluding hydrogens is 504 g/mol. The van der Waals surface area contributed by atoms with E-state index < -0.39 is 5.97 Å². The maximum absolute atomic E-state index is 15.4. The molecule has 0 bridgehead atoms. The summed E-state index contributed by atoms with van der Waals surface area (Å²) in [5, 5.41) is 9.54. The van der Waals surface area contributed by atoms with Crippen molar-refractivity contribution in [2.75, 3.05) is 26.3 Å². The van der Waals surface area contributed by atoms with Crippen molar-refractivity contribution in [3.63, 3.8) is 0 Å². The second kappa shape index (κ2) is 12.2. The number of benzene rings is 3. The van der Waals surface area contributed by atoms with Crippen molar-refractivity contribution in [2.24, 2.45) is 5.92 Å². The molecule has 200 valence electrons. The lowest BCUT2D eigenvalue weighted by atomic mass is 9.85. The van der Waals surface area contributed by atoms with Gasteiger partial charge in [-0.3, -0.25) is 4.39 Å². The Hall–Kier alpha value is -3.02.